The third kappa shape index (κ3) is 1.27. The normalized spacial score (nSPS) is 23.5. The lowest BCUT2D eigenvalue weighted by atomic mass is 10.1. The van der Waals surface area contributed by atoms with Crippen molar-refractivity contribution in [2.24, 2.45) is 0 Å². The molecule has 0 aromatic rings. The molecule has 6 nitrogen and oxygen atoms in total. The summed E-state index contributed by atoms with van der Waals surface area (Å²) in [4.78, 5) is 27.2. The maximum absolute atomic E-state index is 11.2. The minimum Gasteiger partial charge on any atom is -0.467 e. The van der Waals surface area contributed by atoms with Gasteiger partial charge in [-0.05, 0) is 0 Å². The smallest absolute Gasteiger partial charge is 0.341 e. The first kappa shape index (κ1) is 9.94. The predicted octanol–water partition coefficient (Wildman–Crippen LogP) is -1.05. The van der Waals surface area contributed by atoms with Crippen LogP contribution in [0, 0.1) is 0 Å². The van der Waals surface area contributed by atoms with Gasteiger partial charge in [-0.3, -0.25) is 0 Å². The summed E-state index contributed by atoms with van der Waals surface area (Å²) >= 11 is 0. The molecule has 0 radical (unpaired) electrons. The Labute approximate surface area is 75.3 Å². The molecule has 0 aliphatic carbocycles. The molecule has 0 saturated carbocycles. The van der Waals surface area contributed by atoms with Gasteiger partial charge in [0.1, 0.15) is 0 Å². The highest BCUT2D eigenvalue weighted by Gasteiger charge is 2.68. The van der Waals surface area contributed by atoms with Crippen molar-refractivity contribution in [3.8, 4) is 0 Å². The van der Waals surface area contributed by atoms with Crippen LogP contribution >= 0.6 is 0 Å². The highest BCUT2D eigenvalue weighted by molar-refractivity contribution is 6.08. The summed E-state index contributed by atoms with van der Waals surface area (Å²) in [5.41, 5.74) is -1.38. The van der Waals surface area contributed by atoms with Crippen LogP contribution < -0.4 is 0 Å². The molecular weight excluding hydrogens is 178 g/mol. The summed E-state index contributed by atoms with van der Waals surface area (Å²) < 4.78 is 8.94. The molecule has 1 aliphatic rings. The molecule has 1 aliphatic heterocycles. The van der Waals surface area contributed by atoms with E-state index in [9.17, 15) is 9.59 Å². The number of hydrogen-bond donors (Lipinski definition) is 0. The molecule has 1 unspecified atom stereocenters. The van der Waals surface area contributed by atoms with E-state index >= 15 is 0 Å². The van der Waals surface area contributed by atoms with Crippen LogP contribution in [0.15, 0.2) is 0 Å². The number of ether oxygens (including phenoxy) is 2. The second kappa shape index (κ2) is 3.31. The molecule has 0 bridgehead atoms. The summed E-state index contributed by atoms with van der Waals surface area (Å²) in [5, 5.41) is 1.20. The zero-order valence-corrected chi connectivity index (χ0v) is 7.70. The summed E-state index contributed by atoms with van der Waals surface area (Å²) in [7, 11) is 3.78. The van der Waals surface area contributed by atoms with Gasteiger partial charge in [0.2, 0.25) is 0 Å². The molecule has 0 aromatic carbocycles. The number of rotatable bonds is 3. The standard InChI is InChI=1S/C7H11NO5/c1-11-5(9)7(6(10)12-2)4-8(7)13-3/h4H2,1-3H3. The maximum atomic E-state index is 11.2. The van der Waals surface area contributed by atoms with E-state index in [0.29, 0.717) is 0 Å². The van der Waals surface area contributed by atoms with Gasteiger partial charge >= 0.3 is 11.9 Å². The van der Waals surface area contributed by atoms with Gasteiger partial charge in [-0.25, -0.2) is 9.59 Å². The van der Waals surface area contributed by atoms with E-state index in [1.807, 2.05) is 0 Å². The Kier molecular flexibility index (Phi) is 2.53. The van der Waals surface area contributed by atoms with Gasteiger partial charge in [-0.2, -0.15) is 5.06 Å². The first-order chi connectivity index (χ1) is 6.13. The average molecular weight is 189 g/mol. The van der Waals surface area contributed by atoms with E-state index in [2.05, 4.69) is 9.47 Å². The highest BCUT2D eigenvalue weighted by Crippen LogP contribution is 2.34. The Morgan fingerprint density at radius 2 is 1.62 bits per heavy atom. The highest BCUT2D eigenvalue weighted by atomic mass is 16.7. The van der Waals surface area contributed by atoms with Gasteiger partial charge in [0, 0.05) is 0 Å². The summed E-state index contributed by atoms with van der Waals surface area (Å²) in [6, 6.07) is 0. The van der Waals surface area contributed by atoms with E-state index < -0.39 is 17.5 Å². The molecule has 1 fully saturated rings. The fraction of sp³-hybridized carbons (Fsp3) is 0.714. The predicted molar refractivity (Wildman–Crippen MR) is 40.5 cm³/mol. The number of carbonyl (C=O) groups excluding carboxylic acids is 2. The molecule has 1 heterocycles. The molecule has 74 valence electrons. The zero-order valence-electron chi connectivity index (χ0n) is 7.70. The Bertz CT molecular complexity index is 223. The van der Waals surface area contributed by atoms with Crippen molar-refractivity contribution in [3.63, 3.8) is 0 Å². The maximum Gasteiger partial charge on any atom is 0.341 e. The fourth-order valence-corrected chi connectivity index (χ4v) is 1.15. The van der Waals surface area contributed by atoms with Gasteiger partial charge in [-0.1, -0.05) is 0 Å². The first-order valence-electron chi connectivity index (χ1n) is 3.62. The molecule has 0 N–H and O–H groups in total. The molecule has 13 heavy (non-hydrogen) atoms. The molecule has 6 heteroatoms. The van der Waals surface area contributed by atoms with Gasteiger partial charge in [-0.15, -0.1) is 0 Å². The van der Waals surface area contributed by atoms with Gasteiger partial charge < -0.3 is 14.3 Å². The molecule has 1 atom stereocenters. The van der Waals surface area contributed by atoms with E-state index in [0.717, 1.165) is 0 Å². The van der Waals surface area contributed by atoms with Crippen molar-refractivity contribution in [1.82, 2.24) is 5.06 Å². The summed E-state index contributed by atoms with van der Waals surface area (Å²) in [6.07, 6.45) is 0. The quantitative estimate of drug-likeness (QED) is 0.320. The lowest BCUT2D eigenvalue weighted by Crippen LogP contribution is -2.40. The van der Waals surface area contributed by atoms with Crippen LogP contribution in [-0.2, 0) is 23.9 Å². The van der Waals surface area contributed by atoms with Gasteiger partial charge in [0.25, 0.3) is 5.54 Å². The SMILES string of the molecule is COC(=O)C1(C(=O)OC)CN1OC. The van der Waals surface area contributed by atoms with Crippen LogP contribution in [0.1, 0.15) is 0 Å². The first-order valence-corrected chi connectivity index (χ1v) is 3.62. The molecule has 0 aromatic heterocycles. The van der Waals surface area contributed by atoms with Crippen LogP contribution in [0.3, 0.4) is 0 Å². The van der Waals surface area contributed by atoms with Crippen molar-refractivity contribution in [2.45, 2.75) is 5.54 Å². The van der Waals surface area contributed by atoms with E-state index in [4.69, 9.17) is 4.84 Å². The van der Waals surface area contributed by atoms with Crippen LogP contribution in [0.5, 0.6) is 0 Å². The van der Waals surface area contributed by atoms with Crippen molar-refractivity contribution in [1.29, 1.82) is 0 Å². The number of esters is 2. The minimum atomic E-state index is -1.38. The van der Waals surface area contributed by atoms with Gasteiger partial charge in [0.05, 0.1) is 27.9 Å². The number of hydroxylamine groups is 2. The molecular formula is C7H11NO5. The average Bonchev–Trinajstić information content (AvgIpc) is 2.91. The van der Waals surface area contributed by atoms with Crippen molar-refractivity contribution in [2.75, 3.05) is 27.9 Å². The zero-order chi connectivity index (χ0) is 10.1. The second-order valence-electron chi connectivity index (χ2n) is 2.56. The number of carbonyl (C=O) groups is 2. The summed E-state index contributed by atoms with van der Waals surface area (Å²) in [5.74, 6) is -1.33. The largest absolute Gasteiger partial charge is 0.467 e. The minimum absolute atomic E-state index is 0.169. The molecule has 0 spiro atoms. The van der Waals surface area contributed by atoms with Crippen LogP contribution in [0.4, 0.5) is 0 Å². The Morgan fingerprint density at radius 1 is 1.15 bits per heavy atom. The van der Waals surface area contributed by atoms with Crippen molar-refractivity contribution >= 4 is 11.9 Å². The molecule has 0 amide bonds. The van der Waals surface area contributed by atoms with Crippen LogP contribution in [0.2, 0.25) is 0 Å². The van der Waals surface area contributed by atoms with Crippen LogP contribution in [-0.4, -0.2) is 50.4 Å². The van der Waals surface area contributed by atoms with Crippen molar-refractivity contribution < 1.29 is 23.9 Å². The van der Waals surface area contributed by atoms with Gasteiger partial charge in [0.15, 0.2) is 0 Å². The Balaban J connectivity index is 2.80. The Hall–Kier alpha value is -1.14. The third-order valence-corrected chi connectivity index (χ3v) is 1.96. The molecule has 1 saturated heterocycles. The van der Waals surface area contributed by atoms with Crippen LogP contribution in [0.25, 0.3) is 0 Å². The lowest BCUT2D eigenvalue weighted by molar-refractivity contribution is -0.167. The lowest BCUT2D eigenvalue weighted by Gasteiger charge is -2.10. The molecule has 1 rings (SSSR count). The monoisotopic (exact) mass is 189 g/mol. The second-order valence-corrected chi connectivity index (χ2v) is 2.56. The Morgan fingerprint density at radius 3 is 1.85 bits per heavy atom. The van der Waals surface area contributed by atoms with E-state index in [1.54, 1.807) is 0 Å². The number of nitrogens with zero attached hydrogens (tertiary/aromatic N) is 1. The van der Waals surface area contributed by atoms with Crippen molar-refractivity contribution in [3.05, 3.63) is 0 Å². The third-order valence-electron chi connectivity index (χ3n) is 1.96. The van der Waals surface area contributed by atoms with E-state index in [1.165, 1.54) is 26.4 Å². The fourth-order valence-electron chi connectivity index (χ4n) is 1.15. The number of methoxy groups -OCH3 is 2. The van der Waals surface area contributed by atoms with E-state index in [-0.39, 0.29) is 6.54 Å². The number of hydrogen-bond acceptors (Lipinski definition) is 6. The summed E-state index contributed by atoms with van der Waals surface area (Å²) in [6.45, 7) is 0.169. The topological polar surface area (TPSA) is 64.8 Å².